The second-order valence-corrected chi connectivity index (χ2v) is 5.77. The van der Waals surface area contributed by atoms with Gasteiger partial charge in [0.2, 0.25) is 5.91 Å². The van der Waals surface area contributed by atoms with Gasteiger partial charge in [-0.3, -0.25) is 4.79 Å². The number of amides is 1. The molecule has 0 saturated heterocycles. The number of aliphatic hydroxyl groups is 1. The Morgan fingerprint density at radius 3 is 2.60 bits per heavy atom. The summed E-state index contributed by atoms with van der Waals surface area (Å²) >= 11 is 1.55. The molecule has 0 aliphatic carbocycles. The lowest BCUT2D eigenvalue weighted by atomic mass is 9.89. The quantitative estimate of drug-likeness (QED) is 0.657. The number of aliphatic hydroxyl groups excluding tert-OH is 1. The van der Waals surface area contributed by atoms with Gasteiger partial charge in [0.25, 0.3) is 0 Å². The van der Waals surface area contributed by atoms with Crippen LogP contribution in [0.4, 0.5) is 0 Å². The summed E-state index contributed by atoms with van der Waals surface area (Å²) in [6.07, 6.45) is 3.77. The first kappa shape index (κ1) is 14.8. The van der Waals surface area contributed by atoms with Crippen LogP contribution < -0.4 is 5.32 Å². The van der Waals surface area contributed by atoms with Crippen molar-refractivity contribution >= 4 is 17.7 Å². The van der Waals surface area contributed by atoms with E-state index in [2.05, 4.69) is 5.32 Å². The van der Waals surface area contributed by atoms with Crippen LogP contribution in [0.2, 0.25) is 0 Å². The average molecular weight is 233 g/mol. The second kappa shape index (κ2) is 7.12. The summed E-state index contributed by atoms with van der Waals surface area (Å²) < 4.78 is 0. The Hall–Kier alpha value is -0.220. The Labute approximate surface area is 97.0 Å². The van der Waals surface area contributed by atoms with Gasteiger partial charge in [0.1, 0.15) is 0 Å². The van der Waals surface area contributed by atoms with Crippen LogP contribution in [-0.4, -0.2) is 35.7 Å². The predicted molar refractivity (Wildman–Crippen MR) is 66.1 cm³/mol. The molecule has 0 aromatic heterocycles. The van der Waals surface area contributed by atoms with Gasteiger partial charge in [0.05, 0.1) is 5.25 Å². The zero-order valence-corrected chi connectivity index (χ0v) is 11.0. The molecule has 90 valence electrons. The van der Waals surface area contributed by atoms with Crippen molar-refractivity contribution in [3.63, 3.8) is 0 Å². The topological polar surface area (TPSA) is 49.3 Å². The fourth-order valence-corrected chi connectivity index (χ4v) is 1.41. The van der Waals surface area contributed by atoms with Crippen molar-refractivity contribution in [1.29, 1.82) is 0 Å². The molecule has 4 heteroatoms. The number of carbonyl (C=O) groups is 1. The molecule has 0 aromatic rings. The molecule has 0 saturated carbocycles. The SMILES string of the molecule is CSC(C)C(=O)NCCCC(C)(C)CO. The molecule has 15 heavy (non-hydrogen) atoms. The van der Waals surface area contributed by atoms with Crippen molar-refractivity contribution in [3.05, 3.63) is 0 Å². The lowest BCUT2D eigenvalue weighted by molar-refractivity contribution is -0.120. The van der Waals surface area contributed by atoms with Crippen molar-refractivity contribution in [2.24, 2.45) is 5.41 Å². The maximum absolute atomic E-state index is 11.4. The molecule has 0 radical (unpaired) electrons. The van der Waals surface area contributed by atoms with Gasteiger partial charge < -0.3 is 10.4 Å². The summed E-state index contributed by atoms with van der Waals surface area (Å²) in [5.74, 6) is 0.101. The maximum atomic E-state index is 11.4. The highest BCUT2D eigenvalue weighted by Crippen LogP contribution is 2.20. The van der Waals surface area contributed by atoms with Crippen molar-refractivity contribution in [2.75, 3.05) is 19.4 Å². The molecule has 0 spiro atoms. The third-order valence-electron chi connectivity index (χ3n) is 2.48. The van der Waals surface area contributed by atoms with Crippen LogP contribution in [0.1, 0.15) is 33.6 Å². The van der Waals surface area contributed by atoms with Crippen LogP contribution in [0, 0.1) is 5.41 Å². The molecule has 0 aromatic carbocycles. The van der Waals surface area contributed by atoms with Crippen LogP contribution in [0.5, 0.6) is 0 Å². The second-order valence-electron chi connectivity index (χ2n) is 4.59. The first-order chi connectivity index (χ1) is 6.93. The monoisotopic (exact) mass is 233 g/mol. The number of hydrogen-bond donors (Lipinski definition) is 2. The smallest absolute Gasteiger partial charge is 0.232 e. The lowest BCUT2D eigenvalue weighted by Gasteiger charge is -2.21. The fraction of sp³-hybridized carbons (Fsp3) is 0.909. The van der Waals surface area contributed by atoms with E-state index in [9.17, 15) is 4.79 Å². The van der Waals surface area contributed by atoms with Gasteiger partial charge in [-0.1, -0.05) is 13.8 Å². The largest absolute Gasteiger partial charge is 0.396 e. The van der Waals surface area contributed by atoms with E-state index in [0.29, 0.717) is 6.54 Å². The first-order valence-electron chi connectivity index (χ1n) is 5.34. The van der Waals surface area contributed by atoms with E-state index in [0.717, 1.165) is 12.8 Å². The highest BCUT2D eigenvalue weighted by atomic mass is 32.2. The summed E-state index contributed by atoms with van der Waals surface area (Å²) in [7, 11) is 0. The third kappa shape index (κ3) is 6.79. The summed E-state index contributed by atoms with van der Waals surface area (Å²) in [5.41, 5.74) is -0.0319. The fourth-order valence-electron chi connectivity index (χ4n) is 1.11. The summed E-state index contributed by atoms with van der Waals surface area (Å²) in [4.78, 5) is 11.4. The molecule has 0 fully saturated rings. The first-order valence-corrected chi connectivity index (χ1v) is 6.63. The number of nitrogens with one attached hydrogen (secondary N) is 1. The van der Waals surface area contributed by atoms with Crippen LogP contribution in [-0.2, 0) is 4.79 Å². The summed E-state index contributed by atoms with van der Waals surface area (Å²) in [6.45, 7) is 6.85. The van der Waals surface area contributed by atoms with E-state index in [1.807, 2.05) is 27.0 Å². The summed E-state index contributed by atoms with van der Waals surface area (Å²) in [5, 5.41) is 12.0. The number of carbonyl (C=O) groups excluding carboxylic acids is 1. The normalized spacial score (nSPS) is 13.7. The number of hydrogen-bond acceptors (Lipinski definition) is 3. The van der Waals surface area contributed by atoms with E-state index in [1.54, 1.807) is 11.8 Å². The number of thioether (sulfide) groups is 1. The van der Waals surface area contributed by atoms with E-state index in [1.165, 1.54) is 0 Å². The van der Waals surface area contributed by atoms with Gasteiger partial charge in [-0.25, -0.2) is 0 Å². The van der Waals surface area contributed by atoms with Gasteiger partial charge in [-0.2, -0.15) is 11.8 Å². The molecule has 0 heterocycles. The standard InChI is InChI=1S/C11H23NO2S/c1-9(15-4)10(14)12-7-5-6-11(2,3)8-13/h9,13H,5-8H2,1-4H3,(H,12,14). The molecule has 0 rings (SSSR count). The highest BCUT2D eigenvalue weighted by molar-refractivity contribution is 7.99. The zero-order valence-electron chi connectivity index (χ0n) is 10.2. The minimum atomic E-state index is -0.0319. The minimum Gasteiger partial charge on any atom is -0.396 e. The Morgan fingerprint density at radius 1 is 1.53 bits per heavy atom. The van der Waals surface area contributed by atoms with Gasteiger partial charge in [0.15, 0.2) is 0 Å². The van der Waals surface area contributed by atoms with Crippen LogP contribution >= 0.6 is 11.8 Å². The van der Waals surface area contributed by atoms with E-state index in [4.69, 9.17) is 5.11 Å². The zero-order chi connectivity index (χ0) is 11.9. The minimum absolute atomic E-state index is 0.0239. The average Bonchev–Trinajstić information content (AvgIpc) is 2.22. The van der Waals surface area contributed by atoms with Gasteiger partial charge in [0, 0.05) is 13.2 Å². The number of rotatable bonds is 7. The van der Waals surface area contributed by atoms with Gasteiger partial charge in [-0.05, 0) is 31.4 Å². The van der Waals surface area contributed by atoms with Crippen molar-refractivity contribution in [2.45, 2.75) is 38.9 Å². The third-order valence-corrected chi connectivity index (χ3v) is 3.40. The van der Waals surface area contributed by atoms with Crippen molar-refractivity contribution in [3.8, 4) is 0 Å². The van der Waals surface area contributed by atoms with Crippen LogP contribution in [0.15, 0.2) is 0 Å². The van der Waals surface area contributed by atoms with Crippen LogP contribution in [0.25, 0.3) is 0 Å². The van der Waals surface area contributed by atoms with Gasteiger partial charge >= 0.3 is 0 Å². The molecular weight excluding hydrogens is 210 g/mol. The van der Waals surface area contributed by atoms with Crippen molar-refractivity contribution < 1.29 is 9.90 Å². The molecule has 1 atom stereocenters. The van der Waals surface area contributed by atoms with Gasteiger partial charge in [-0.15, -0.1) is 0 Å². The molecule has 1 amide bonds. The Balaban J connectivity index is 3.59. The Bertz CT molecular complexity index is 195. The molecule has 0 bridgehead atoms. The molecule has 3 nitrogen and oxygen atoms in total. The van der Waals surface area contributed by atoms with E-state index >= 15 is 0 Å². The highest BCUT2D eigenvalue weighted by Gasteiger charge is 2.16. The van der Waals surface area contributed by atoms with E-state index in [-0.39, 0.29) is 23.2 Å². The maximum Gasteiger partial charge on any atom is 0.232 e. The van der Waals surface area contributed by atoms with Crippen LogP contribution in [0.3, 0.4) is 0 Å². The predicted octanol–water partition coefficient (Wildman–Crippen LogP) is 1.65. The van der Waals surface area contributed by atoms with Crippen molar-refractivity contribution in [1.82, 2.24) is 5.32 Å². The Morgan fingerprint density at radius 2 is 2.13 bits per heavy atom. The molecule has 2 N–H and O–H groups in total. The lowest BCUT2D eigenvalue weighted by Crippen LogP contribution is -2.32. The summed E-state index contributed by atoms with van der Waals surface area (Å²) in [6, 6.07) is 0. The molecule has 0 aliphatic rings. The Kier molecular flexibility index (Phi) is 7.02. The molecule has 0 aliphatic heterocycles. The van der Waals surface area contributed by atoms with E-state index < -0.39 is 0 Å². The molecule has 1 unspecified atom stereocenters. The molecular formula is C11H23NO2S.